The van der Waals surface area contributed by atoms with Crippen molar-refractivity contribution in [3.8, 4) is 0 Å². The molecule has 0 fully saturated rings. The van der Waals surface area contributed by atoms with Gasteiger partial charge in [0.1, 0.15) is 0 Å². The Bertz CT molecular complexity index is 1170. The summed E-state index contributed by atoms with van der Waals surface area (Å²) in [6.45, 7) is 3.28. The van der Waals surface area contributed by atoms with Gasteiger partial charge in [0.25, 0.3) is 0 Å². The zero-order valence-electron chi connectivity index (χ0n) is 16.2. The predicted octanol–water partition coefficient (Wildman–Crippen LogP) is 2.98. The normalized spacial score (nSPS) is 11.1. The summed E-state index contributed by atoms with van der Waals surface area (Å²) in [6.07, 6.45) is 2.04. The fourth-order valence-corrected chi connectivity index (χ4v) is 3.99. The Kier molecular flexibility index (Phi) is 5.57. The maximum absolute atomic E-state index is 13.1. The summed E-state index contributed by atoms with van der Waals surface area (Å²) in [6, 6.07) is 13.8. The van der Waals surface area contributed by atoms with Crippen molar-refractivity contribution in [1.29, 1.82) is 0 Å². The van der Waals surface area contributed by atoms with E-state index in [1.54, 1.807) is 26.7 Å². The molecule has 29 heavy (non-hydrogen) atoms. The number of carbonyl (C=O) groups is 1. The van der Waals surface area contributed by atoms with Gasteiger partial charge in [-0.25, -0.2) is 9.78 Å². The monoisotopic (exact) mass is 406 g/mol. The second-order valence-electron chi connectivity index (χ2n) is 7.01. The van der Waals surface area contributed by atoms with Gasteiger partial charge in [0.15, 0.2) is 5.65 Å². The molecule has 3 heterocycles. The lowest BCUT2D eigenvalue weighted by atomic mass is 10.1. The second kappa shape index (κ2) is 8.45. The first-order chi connectivity index (χ1) is 14.1. The highest BCUT2D eigenvalue weighted by molar-refractivity contribution is 7.08. The van der Waals surface area contributed by atoms with Crippen LogP contribution in [0.15, 0.2) is 64.2 Å². The Balaban J connectivity index is 1.52. The van der Waals surface area contributed by atoms with E-state index in [2.05, 4.69) is 10.3 Å². The van der Waals surface area contributed by atoms with Crippen LogP contribution in [0.1, 0.15) is 16.7 Å². The van der Waals surface area contributed by atoms with Crippen molar-refractivity contribution in [3.63, 3.8) is 0 Å². The fourth-order valence-electron chi connectivity index (χ4n) is 3.33. The Morgan fingerprint density at radius 1 is 1.10 bits per heavy atom. The average molecular weight is 407 g/mol. The van der Waals surface area contributed by atoms with E-state index in [4.69, 9.17) is 0 Å². The number of aryl methyl sites for hydroxylation is 1. The minimum absolute atomic E-state index is 0.0483. The highest BCUT2D eigenvalue weighted by atomic mass is 32.1. The van der Waals surface area contributed by atoms with Gasteiger partial charge >= 0.3 is 5.69 Å². The topological polar surface area (TPSA) is 68.9 Å². The molecule has 0 unspecified atom stereocenters. The van der Waals surface area contributed by atoms with Crippen molar-refractivity contribution in [1.82, 2.24) is 19.4 Å². The molecule has 1 aromatic carbocycles. The Morgan fingerprint density at radius 3 is 2.69 bits per heavy atom. The first-order valence-corrected chi connectivity index (χ1v) is 10.4. The van der Waals surface area contributed by atoms with E-state index in [0.717, 1.165) is 16.6 Å². The molecular weight excluding hydrogens is 384 g/mol. The Morgan fingerprint density at radius 2 is 1.93 bits per heavy atom. The number of rotatable bonds is 7. The molecule has 4 rings (SSSR count). The van der Waals surface area contributed by atoms with Crippen molar-refractivity contribution < 1.29 is 4.79 Å². The molecule has 0 atom stereocenters. The molecule has 1 N–H and O–H groups in total. The van der Waals surface area contributed by atoms with Crippen LogP contribution in [0.3, 0.4) is 0 Å². The third kappa shape index (κ3) is 4.30. The zero-order valence-corrected chi connectivity index (χ0v) is 17.0. The molecule has 3 aromatic heterocycles. The average Bonchev–Trinajstić information content (AvgIpc) is 3.32. The Labute approximate surface area is 172 Å². The molecule has 0 aliphatic heterocycles. The van der Waals surface area contributed by atoms with Gasteiger partial charge in [-0.1, -0.05) is 29.8 Å². The first kappa shape index (κ1) is 19.1. The molecule has 1 amide bonds. The number of nitrogens with one attached hydrogen (secondary N) is 1. The molecule has 0 bridgehead atoms. The van der Waals surface area contributed by atoms with E-state index in [1.807, 2.05) is 60.1 Å². The molecular formula is C22H22N4O2S. The quantitative estimate of drug-likeness (QED) is 0.513. The number of hydrogen-bond acceptors (Lipinski definition) is 4. The fraction of sp³-hybridized carbons (Fsp3) is 0.227. The number of aromatic nitrogens is 3. The molecule has 4 aromatic rings. The summed E-state index contributed by atoms with van der Waals surface area (Å²) < 4.78 is 3.37. The van der Waals surface area contributed by atoms with Gasteiger partial charge in [-0.05, 0) is 47.0 Å². The first-order valence-electron chi connectivity index (χ1n) is 9.49. The van der Waals surface area contributed by atoms with E-state index in [1.165, 1.54) is 5.56 Å². The number of benzene rings is 1. The van der Waals surface area contributed by atoms with E-state index in [0.29, 0.717) is 31.7 Å². The summed E-state index contributed by atoms with van der Waals surface area (Å²) in [5.74, 6) is -0.0483. The van der Waals surface area contributed by atoms with Crippen molar-refractivity contribution in [2.24, 2.45) is 0 Å². The summed E-state index contributed by atoms with van der Waals surface area (Å²) in [4.78, 5) is 29.6. The smallest absolute Gasteiger partial charge is 0.330 e. The largest absolute Gasteiger partial charge is 0.354 e. The highest BCUT2D eigenvalue weighted by Gasteiger charge is 2.14. The van der Waals surface area contributed by atoms with Crippen molar-refractivity contribution in [2.75, 3.05) is 6.54 Å². The second-order valence-corrected chi connectivity index (χ2v) is 7.79. The molecule has 0 spiro atoms. The highest BCUT2D eigenvalue weighted by Crippen LogP contribution is 2.13. The number of fused-ring (bicyclic) bond motifs is 1. The van der Waals surface area contributed by atoms with Gasteiger partial charge in [-0.3, -0.25) is 13.9 Å². The molecule has 148 valence electrons. The lowest BCUT2D eigenvalue weighted by Crippen LogP contribution is -2.32. The van der Waals surface area contributed by atoms with Gasteiger partial charge in [-0.2, -0.15) is 11.3 Å². The molecule has 0 aliphatic carbocycles. The van der Waals surface area contributed by atoms with Crippen molar-refractivity contribution in [2.45, 2.75) is 26.4 Å². The van der Waals surface area contributed by atoms with Crippen molar-refractivity contribution >= 4 is 28.4 Å². The van der Waals surface area contributed by atoms with Crippen LogP contribution in [-0.2, 0) is 24.3 Å². The van der Waals surface area contributed by atoms with Crippen molar-refractivity contribution in [3.05, 3.63) is 86.6 Å². The van der Waals surface area contributed by atoms with Crippen LogP contribution in [0, 0.1) is 6.92 Å². The number of carbonyl (C=O) groups excluding carboxylic acids is 1. The number of amides is 1. The third-order valence-corrected chi connectivity index (χ3v) is 5.57. The van der Waals surface area contributed by atoms with Crippen LogP contribution in [0.4, 0.5) is 0 Å². The molecule has 0 saturated heterocycles. The Hall–Kier alpha value is -3.19. The van der Waals surface area contributed by atoms with Crippen LogP contribution >= 0.6 is 11.3 Å². The van der Waals surface area contributed by atoms with Gasteiger partial charge < -0.3 is 5.32 Å². The molecule has 7 heteroatoms. The van der Waals surface area contributed by atoms with Crippen LogP contribution in [-0.4, -0.2) is 26.6 Å². The standard InChI is InChI=1S/C22H22N4O2S/c1-16-4-6-17(7-5-16)14-26-19-3-2-9-24-21(19)25(22(26)28)11-10-23-20(27)13-18-8-12-29-15-18/h2-9,12,15H,10-11,13-14H2,1H3,(H,23,27). The number of nitrogens with zero attached hydrogens (tertiary/aromatic N) is 3. The maximum Gasteiger partial charge on any atom is 0.330 e. The van der Waals surface area contributed by atoms with Crippen LogP contribution in [0.25, 0.3) is 11.2 Å². The number of thiophene rings is 1. The predicted molar refractivity (Wildman–Crippen MR) is 115 cm³/mol. The SMILES string of the molecule is Cc1ccc(Cn2c(=O)n(CCNC(=O)Cc3ccsc3)c3ncccc32)cc1. The van der Waals surface area contributed by atoms with Gasteiger partial charge in [0.2, 0.25) is 5.91 Å². The maximum atomic E-state index is 13.1. The minimum Gasteiger partial charge on any atom is -0.354 e. The third-order valence-electron chi connectivity index (χ3n) is 4.84. The van der Waals surface area contributed by atoms with E-state index < -0.39 is 0 Å². The molecule has 0 radical (unpaired) electrons. The van der Waals surface area contributed by atoms with E-state index in [-0.39, 0.29) is 11.6 Å². The lowest BCUT2D eigenvalue weighted by Gasteiger charge is -2.06. The minimum atomic E-state index is -0.119. The lowest BCUT2D eigenvalue weighted by molar-refractivity contribution is -0.120. The van der Waals surface area contributed by atoms with Crippen LogP contribution in [0.2, 0.25) is 0 Å². The number of imidazole rings is 1. The zero-order chi connectivity index (χ0) is 20.2. The van der Waals surface area contributed by atoms with Gasteiger partial charge in [-0.15, -0.1) is 0 Å². The summed E-state index contributed by atoms with van der Waals surface area (Å²) in [5.41, 5.74) is 4.56. The van der Waals surface area contributed by atoms with Gasteiger partial charge in [0, 0.05) is 19.3 Å². The molecule has 0 saturated carbocycles. The summed E-state index contributed by atoms with van der Waals surface area (Å²) in [7, 11) is 0. The summed E-state index contributed by atoms with van der Waals surface area (Å²) >= 11 is 1.57. The van der Waals surface area contributed by atoms with E-state index in [9.17, 15) is 9.59 Å². The van der Waals surface area contributed by atoms with Gasteiger partial charge in [0.05, 0.1) is 18.5 Å². The number of hydrogen-bond donors (Lipinski definition) is 1. The van der Waals surface area contributed by atoms with Crippen LogP contribution < -0.4 is 11.0 Å². The number of pyridine rings is 1. The van der Waals surface area contributed by atoms with Crippen LogP contribution in [0.5, 0.6) is 0 Å². The molecule has 0 aliphatic rings. The molecule has 6 nitrogen and oxygen atoms in total. The van der Waals surface area contributed by atoms with E-state index >= 15 is 0 Å². The summed E-state index contributed by atoms with van der Waals surface area (Å²) in [5, 5.41) is 6.82.